The van der Waals surface area contributed by atoms with Gasteiger partial charge in [0, 0.05) is 11.9 Å². The molecule has 0 aliphatic rings. The van der Waals surface area contributed by atoms with Gasteiger partial charge in [0.25, 0.3) is 0 Å². The van der Waals surface area contributed by atoms with Crippen molar-refractivity contribution in [2.45, 2.75) is 13.8 Å². The highest BCUT2D eigenvalue weighted by molar-refractivity contribution is 7.13. The lowest BCUT2D eigenvalue weighted by molar-refractivity contribution is 0.111. The van der Waals surface area contributed by atoms with E-state index < -0.39 is 0 Å². The molecule has 0 amide bonds. The predicted molar refractivity (Wildman–Crippen MR) is 65.5 cm³/mol. The van der Waals surface area contributed by atoms with Crippen LogP contribution in [0.2, 0.25) is 0 Å². The Bertz CT molecular complexity index is 706. The van der Waals surface area contributed by atoms with Gasteiger partial charge in [-0.25, -0.2) is 9.97 Å². The summed E-state index contributed by atoms with van der Waals surface area (Å²) >= 11 is 1.57. The summed E-state index contributed by atoms with van der Waals surface area (Å²) in [6.07, 6.45) is 2.73. The molecule has 0 bridgehead atoms. The van der Waals surface area contributed by atoms with Gasteiger partial charge in [-0.2, -0.15) is 0 Å². The van der Waals surface area contributed by atoms with Crippen LogP contribution >= 0.6 is 11.3 Å². The number of rotatable bonds is 2. The third-order valence-corrected chi connectivity index (χ3v) is 3.75. The van der Waals surface area contributed by atoms with Gasteiger partial charge in [0.05, 0.1) is 16.1 Å². The minimum absolute atomic E-state index is 0.570. The molecular weight excluding hydrogens is 236 g/mol. The molecule has 0 saturated heterocycles. The number of nitrogens with one attached hydrogen (secondary N) is 1. The van der Waals surface area contributed by atoms with Crippen molar-refractivity contribution in [3.8, 4) is 10.6 Å². The lowest BCUT2D eigenvalue weighted by Crippen LogP contribution is -1.86. The molecule has 0 unspecified atom stereocenters. The quantitative estimate of drug-likeness (QED) is 0.705. The first-order valence-electron chi connectivity index (χ1n) is 5.14. The number of nitrogens with zero attached hydrogens (tertiary/aromatic N) is 3. The Morgan fingerprint density at radius 2 is 2.29 bits per heavy atom. The largest absolute Gasteiger partial charge is 0.321 e. The maximum atomic E-state index is 10.8. The highest BCUT2D eigenvalue weighted by Gasteiger charge is 2.13. The van der Waals surface area contributed by atoms with Gasteiger partial charge in [0.15, 0.2) is 6.29 Å². The molecule has 0 spiro atoms. The highest BCUT2D eigenvalue weighted by Crippen LogP contribution is 2.27. The number of fused-ring (bicyclic) bond motifs is 1. The number of hydrogen-bond acceptors (Lipinski definition) is 4. The molecule has 0 radical (unpaired) electrons. The monoisotopic (exact) mass is 246 g/mol. The van der Waals surface area contributed by atoms with E-state index >= 15 is 0 Å². The fourth-order valence-electron chi connectivity index (χ4n) is 1.84. The maximum absolute atomic E-state index is 10.8. The van der Waals surface area contributed by atoms with E-state index in [1.54, 1.807) is 11.3 Å². The first-order valence-corrected chi connectivity index (χ1v) is 6.02. The number of aryl methyl sites for hydroxylation is 2. The number of imidazole rings is 2. The van der Waals surface area contributed by atoms with Crippen LogP contribution in [0.5, 0.6) is 0 Å². The van der Waals surface area contributed by atoms with E-state index in [2.05, 4.69) is 15.0 Å². The van der Waals surface area contributed by atoms with Gasteiger partial charge >= 0.3 is 0 Å². The second kappa shape index (κ2) is 3.53. The topological polar surface area (TPSA) is 63.1 Å². The van der Waals surface area contributed by atoms with Gasteiger partial charge in [-0.1, -0.05) is 0 Å². The molecule has 3 heterocycles. The second-order valence-corrected chi connectivity index (χ2v) is 4.68. The molecule has 3 rings (SSSR count). The number of carbonyl (C=O) groups is 1. The molecule has 6 heteroatoms. The Hall–Kier alpha value is -1.95. The number of aldehydes is 1. The Balaban J connectivity index is 2.22. The van der Waals surface area contributed by atoms with Crippen LogP contribution in [-0.2, 0) is 0 Å². The number of aromatic amines is 1. The zero-order valence-corrected chi connectivity index (χ0v) is 10.2. The number of thiazole rings is 1. The molecular formula is C11H10N4OS. The van der Waals surface area contributed by atoms with Crippen molar-refractivity contribution in [2.75, 3.05) is 0 Å². The summed E-state index contributed by atoms with van der Waals surface area (Å²) in [6, 6.07) is 0. The van der Waals surface area contributed by atoms with E-state index in [-0.39, 0.29) is 0 Å². The van der Waals surface area contributed by atoms with Crippen LogP contribution in [0.1, 0.15) is 21.9 Å². The van der Waals surface area contributed by atoms with E-state index in [4.69, 9.17) is 0 Å². The maximum Gasteiger partial charge on any atom is 0.212 e. The fraction of sp³-hybridized carbons (Fsp3) is 0.182. The summed E-state index contributed by atoms with van der Waals surface area (Å²) in [7, 11) is 0. The Kier molecular flexibility index (Phi) is 2.12. The smallest absolute Gasteiger partial charge is 0.212 e. The standard InChI is InChI=1S/C11H10N4OS/c1-6-10(17-5-12-6)8-3-15-7(2)9(4-16)14-11(15)13-8/h3-5H,1-2H3,(H,13,14). The molecule has 1 N–H and O–H groups in total. The zero-order valence-electron chi connectivity index (χ0n) is 9.39. The molecule has 17 heavy (non-hydrogen) atoms. The van der Waals surface area contributed by atoms with Gasteiger partial charge in [0.1, 0.15) is 11.4 Å². The predicted octanol–water partition coefficient (Wildman–Crippen LogP) is 2.22. The van der Waals surface area contributed by atoms with E-state index in [1.807, 2.05) is 30.0 Å². The Morgan fingerprint density at radius 1 is 1.47 bits per heavy atom. The first kappa shape index (κ1) is 10.2. The number of H-pyrrole nitrogens is 1. The summed E-state index contributed by atoms with van der Waals surface area (Å²) < 4.78 is 1.89. The van der Waals surface area contributed by atoms with Crippen LogP contribution in [-0.4, -0.2) is 25.6 Å². The fourth-order valence-corrected chi connectivity index (χ4v) is 2.60. The van der Waals surface area contributed by atoms with Gasteiger partial charge in [-0.05, 0) is 13.8 Å². The van der Waals surface area contributed by atoms with E-state index in [0.717, 1.165) is 28.2 Å². The van der Waals surface area contributed by atoms with Crippen molar-refractivity contribution in [1.29, 1.82) is 0 Å². The molecule has 3 aromatic heterocycles. The van der Waals surface area contributed by atoms with Crippen molar-refractivity contribution < 1.29 is 4.79 Å². The van der Waals surface area contributed by atoms with Crippen LogP contribution in [0.25, 0.3) is 16.3 Å². The zero-order chi connectivity index (χ0) is 12.0. The van der Waals surface area contributed by atoms with Gasteiger partial charge in [0.2, 0.25) is 5.78 Å². The van der Waals surface area contributed by atoms with Crippen LogP contribution in [0, 0.1) is 13.8 Å². The molecule has 86 valence electrons. The SMILES string of the molecule is Cc1ncsc1-c1cn2c(C)c(C=O)[nH]c2n1. The molecule has 0 aromatic carbocycles. The molecule has 0 aliphatic carbocycles. The van der Waals surface area contributed by atoms with Crippen LogP contribution in [0.4, 0.5) is 0 Å². The van der Waals surface area contributed by atoms with Crippen LogP contribution in [0.15, 0.2) is 11.7 Å². The van der Waals surface area contributed by atoms with Crippen molar-refractivity contribution >= 4 is 23.4 Å². The Labute approximate surface area is 101 Å². The van der Waals surface area contributed by atoms with Crippen LogP contribution in [0.3, 0.4) is 0 Å². The number of carbonyl (C=O) groups excluding carboxylic acids is 1. The first-order chi connectivity index (χ1) is 8.20. The third kappa shape index (κ3) is 1.41. The number of aromatic nitrogens is 4. The second-order valence-electron chi connectivity index (χ2n) is 3.83. The van der Waals surface area contributed by atoms with E-state index in [9.17, 15) is 4.79 Å². The van der Waals surface area contributed by atoms with E-state index in [1.165, 1.54) is 0 Å². The molecule has 0 saturated carbocycles. The highest BCUT2D eigenvalue weighted by atomic mass is 32.1. The molecule has 0 aliphatic heterocycles. The minimum atomic E-state index is 0.570. The molecule has 0 fully saturated rings. The molecule has 5 nitrogen and oxygen atoms in total. The molecule has 3 aromatic rings. The van der Waals surface area contributed by atoms with Crippen molar-refractivity contribution in [1.82, 2.24) is 19.4 Å². The third-order valence-electron chi connectivity index (χ3n) is 2.80. The average molecular weight is 246 g/mol. The lowest BCUT2D eigenvalue weighted by Gasteiger charge is -1.91. The summed E-state index contributed by atoms with van der Waals surface area (Å²) in [4.78, 5) is 23.5. The van der Waals surface area contributed by atoms with Crippen molar-refractivity contribution in [2.24, 2.45) is 0 Å². The van der Waals surface area contributed by atoms with Gasteiger partial charge in [-0.15, -0.1) is 11.3 Å². The lowest BCUT2D eigenvalue weighted by atomic mass is 10.3. The summed E-state index contributed by atoms with van der Waals surface area (Å²) in [5.74, 6) is 0.687. The number of hydrogen-bond donors (Lipinski definition) is 1. The van der Waals surface area contributed by atoms with Gasteiger partial charge < -0.3 is 4.98 Å². The van der Waals surface area contributed by atoms with Crippen LogP contribution < -0.4 is 0 Å². The van der Waals surface area contributed by atoms with E-state index in [0.29, 0.717) is 11.5 Å². The van der Waals surface area contributed by atoms with Crippen molar-refractivity contribution in [3.05, 3.63) is 28.8 Å². The average Bonchev–Trinajstić information content (AvgIpc) is 2.95. The Morgan fingerprint density at radius 3 is 2.88 bits per heavy atom. The summed E-state index contributed by atoms with van der Waals surface area (Å²) in [5.41, 5.74) is 5.11. The minimum Gasteiger partial charge on any atom is -0.321 e. The normalized spacial score (nSPS) is 11.2. The summed E-state index contributed by atoms with van der Waals surface area (Å²) in [6.45, 7) is 3.85. The summed E-state index contributed by atoms with van der Waals surface area (Å²) in [5, 5.41) is 0. The van der Waals surface area contributed by atoms with Gasteiger partial charge in [-0.3, -0.25) is 9.20 Å². The van der Waals surface area contributed by atoms with Crippen molar-refractivity contribution in [3.63, 3.8) is 0 Å². The molecule has 0 atom stereocenters.